The summed E-state index contributed by atoms with van der Waals surface area (Å²) in [5, 5.41) is 13.1. The van der Waals surface area contributed by atoms with Gasteiger partial charge in [-0.2, -0.15) is 0 Å². The Kier molecular flexibility index (Phi) is 7.24. The summed E-state index contributed by atoms with van der Waals surface area (Å²) in [6.07, 6.45) is 6.19. The lowest BCUT2D eigenvalue weighted by molar-refractivity contribution is -0.139. The normalized spacial score (nSPS) is 15.9. The first-order chi connectivity index (χ1) is 13.5. The number of ketones is 1. The van der Waals surface area contributed by atoms with Gasteiger partial charge in [-0.05, 0) is 42.0 Å². The largest absolute Gasteiger partial charge is 0.480 e. The number of carboxylic acids is 1. The molecule has 2 aromatic carbocycles. The maximum absolute atomic E-state index is 12.6. The van der Waals surface area contributed by atoms with E-state index in [0.717, 1.165) is 5.56 Å². The van der Waals surface area contributed by atoms with Crippen LogP contribution in [0.1, 0.15) is 65.9 Å². The topological polar surface area (TPSA) is 66.4 Å². The van der Waals surface area contributed by atoms with Gasteiger partial charge in [0.25, 0.3) is 0 Å². The van der Waals surface area contributed by atoms with Crippen LogP contribution in [0.5, 0.6) is 0 Å². The molecule has 148 valence electrons. The number of carbonyl (C=O) groups is 2. The molecule has 0 radical (unpaired) electrons. The van der Waals surface area contributed by atoms with Crippen LogP contribution in [0, 0.1) is 0 Å². The summed E-state index contributed by atoms with van der Waals surface area (Å²) in [7, 11) is 0. The Hall–Kier alpha value is -2.17. The van der Waals surface area contributed by atoms with Crippen molar-refractivity contribution < 1.29 is 14.7 Å². The number of nitrogens with one attached hydrogen (secondary N) is 1. The molecule has 1 unspecified atom stereocenters. The SMILES string of the molecule is O=C(CC(NCc1ccc(Cl)cc1)C(=O)O)c1ccc(C2CCCCC2)cc1. The third-order valence-corrected chi connectivity index (χ3v) is 5.71. The summed E-state index contributed by atoms with van der Waals surface area (Å²) in [5.74, 6) is -0.599. The molecule has 1 atom stereocenters. The van der Waals surface area contributed by atoms with Gasteiger partial charge in [-0.15, -0.1) is 0 Å². The molecular formula is C23H26ClNO3. The summed E-state index contributed by atoms with van der Waals surface area (Å²) in [6.45, 7) is 0.363. The summed E-state index contributed by atoms with van der Waals surface area (Å²) in [5.41, 5.74) is 2.77. The zero-order valence-electron chi connectivity index (χ0n) is 15.9. The van der Waals surface area contributed by atoms with Crippen LogP contribution in [0.15, 0.2) is 48.5 Å². The first-order valence-corrected chi connectivity index (χ1v) is 10.2. The van der Waals surface area contributed by atoms with Crippen LogP contribution in [-0.4, -0.2) is 22.9 Å². The number of carbonyl (C=O) groups excluding carboxylic acids is 1. The minimum atomic E-state index is -1.03. The Bertz CT molecular complexity index is 796. The van der Waals surface area contributed by atoms with E-state index in [1.165, 1.54) is 37.7 Å². The third-order valence-electron chi connectivity index (χ3n) is 5.46. The molecule has 2 N–H and O–H groups in total. The predicted molar refractivity (Wildman–Crippen MR) is 111 cm³/mol. The smallest absolute Gasteiger partial charge is 0.321 e. The summed E-state index contributed by atoms with van der Waals surface area (Å²) < 4.78 is 0. The van der Waals surface area contributed by atoms with Crippen LogP contribution in [0.25, 0.3) is 0 Å². The van der Waals surface area contributed by atoms with Gasteiger partial charge in [0.15, 0.2) is 5.78 Å². The number of halogens is 1. The highest BCUT2D eigenvalue weighted by Crippen LogP contribution is 2.32. The van der Waals surface area contributed by atoms with E-state index >= 15 is 0 Å². The number of Topliss-reactive ketones (excluding diaryl/α,β-unsaturated/α-hetero) is 1. The first kappa shape index (κ1) is 20.6. The zero-order valence-corrected chi connectivity index (χ0v) is 16.6. The molecule has 1 fully saturated rings. The van der Waals surface area contributed by atoms with Crippen molar-refractivity contribution in [2.75, 3.05) is 0 Å². The Balaban J connectivity index is 1.58. The Morgan fingerprint density at radius 3 is 2.25 bits per heavy atom. The molecule has 28 heavy (non-hydrogen) atoms. The van der Waals surface area contributed by atoms with E-state index in [-0.39, 0.29) is 12.2 Å². The van der Waals surface area contributed by atoms with Gasteiger partial charge in [0, 0.05) is 23.6 Å². The molecule has 5 heteroatoms. The minimum absolute atomic E-state index is 0.0777. The standard InChI is InChI=1S/C23H26ClNO3/c24-20-12-6-16(7-13-20)15-25-21(23(27)28)14-22(26)19-10-8-18(9-11-19)17-4-2-1-3-5-17/h6-13,17,21,25H,1-5,14-15H2,(H,27,28). The fourth-order valence-corrected chi connectivity index (χ4v) is 3.90. The van der Waals surface area contributed by atoms with Crippen molar-refractivity contribution in [2.45, 2.75) is 57.0 Å². The Labute approximate surface area is 170 Å². The van der Waals surface area contributed by atoms with Crippen molar-refractivity contribution in [1.82, 2.24) is 5.32 Å². The molecule has 4 nitrogen and oxygen atoms in total. The predicted octanol–water partition coefficient (Wildman–Crippen LogP) is 5.20. The molecule has 0 aliphatic heterocycles. The van der Waals surface area contributed by atoms with E-state index in [1.54, 1.807) is 12.1 Å². The van der Waals surface area contributed by atoms with Crippen LogP contribution in [0.3, 0.4) is 0 Å². The highest BCUT2D eigenvalue weighted by atomic mass is 35.5. The van der Waals surface area contributed by atoms with Gasteiger partial charge < -0.3 is 5.11 Å². The van der Waals surface area contributed by atoms with E-state index in [2.05, 4.69) is 5.32 Å². The van der Waals surface area contributed by atoms with Crippen LogP contribution < -0.4 is 5.32 Å². The van der Waals surface area contributed by atoms with E-state index in [1.807, 2.05) is 36.4 Å². The van der Waals surface area contributed by atoms with Gasteiger partial charge in [-0.3, -0.25) is 14.9 Å². The lowest BCUT2D eigenvalue weighted by atomic mass is 9.84. The average Bonchev–Trinajstić information content (AvgIpc) is 2.72. The van der Waals surface area contributed by atoms with Crippen molar-refractivity contribution in [1.29, 1.82) is 0 Å². The second-order valence-corrected chi connectivity index (χ2v) is 7.92. The number of hydrogen-bond donors (Lipinski definition) is 2. The zero-order chi connectivity index (χ0) is 19.9. The van der Waals surface area contributed by atoms with Crippen molar-refractivity contribution in [3.05, 3.63) is 70.2 Å². The maximum atomic E-state index is 12.6. The van der Waals surface area contributed by atoms with Gasteiger partial charge in [0.2, 0.25) is 0 Å². The summed E-state index contributed by atoms with van der Waals surface area (Å²) >= 11 is 5.86. The highest BCUT2D eigenvalue weighted by Gasteiger charge is 2.22. The van der Waals surface area contributed by atoms with E-state index in [9.17, 15) is 14.7 Å². The molecule has 0 bridgehead atoms. The Morgan fingerprint density at radius 2 is 1.64 bits per heavy atom. The van der Waals surface area contributed by atoms with Crippen LogP contribution >= 0.6 is 11.6 Å². The van der Waals surface area contributed by atoms with Gasteiger partial charge in [0.05, 0.1) is 0 Å². The molecule has 2 aromatic rings. The fourth-order valence-electron chi connectivity index (χ4n) is 3.77. The lowest BCUT2D eigenvalue weighted by Gasteiger charge is -2.22. The highest BCUT2D eigenvalue weighted by molar-refractivity contribution is 6.30. The second kappa shape index (κ2) is 9.85. The summed E-state index contributed by atoms with van der Waals surface area (Å²) in [6, 6.07) is 14.0. The molecule has 0 amide bonds. The number of carboxylic acid groups (broad SMARTS) is 1. The summed E-state index contributed by atoms with van der Waals surface area (Å²) in [4.78, 5) is 24.1. The second-order valence-electron chi connectivity index (χ2n) is 7.48. The number of aliphatic carboxylic acids is 1. The van der Waals surface area contributed by atoms with Crippen molar-refractivity contribution in [3.63, 3.8) is 0 Å². The van der Waals surface area contributed by atoms with Crippen LogP contribution in [0.2, 0.25) is 5.02 Å². The van der Waals surface area contributed by atoms with Gasteiger partial charge in [-0.25, -0.2) is 0 Å². The quantitative estimate of drug-likeness (QED) is 0.598. The van der Waals surface area contributed by atoms with Crippen LogP contribution in [0.4, 0.5) is 0 Å². The molecule has 1 saturated carbocycles. The first-order valence-electron chi connectivity index (χ1n) is 9.87. The lowest BCUT2D eigenvalue weighted by Crippen LogP contribution is -2.38. The molecule has 1 aliphatic rings. The fraction of sp³-hybridized carbons (Fsp3) is 0.391. The third kappa shape index (κ3) is 5.66. The average molecular weight is 400 g/mol. The van der Waals surface area contributed by atoms with E-state index in [4.69, 9.17) is 11.6 Å². The molecule has 0 saturated heterocycles. The molecule has 3 rings (SSSR count). The molecule has 0 aromatic heterocycles. The Morgan fingerprint density at radius 1 is 1.00 bits per heavy atom. The van der Waals surface area contributed by atoms with E-state index < -0.39 is 12.0 Å². The minimum Gasteiger partial charge on any atom is -0.480 e. The number of benzene rings is 2. The van der Waals surface area contributed by atoms with Gasteiger partial charge in [-0.1, -0.05) is 67.3 Å². The number of rotatable bonds is 8. The molecule has 0 heterocycles. The van der Waals surface area contributed by atoms with Crippen molar-refractivity contribution in [2.24, 2.45) is 0 Å². The molecular weight excluding hydrogens is 374 g/mol. The van der Waals surface area contributed by atoms with Gasteiger partial charge in [0.1, 0.15) is 6.04 Å². The van der Waals surface area contributed by atoms with Crippen molar-refractivity contribution >= 4 is 23.4 Å². The molecule has 1 aliphatic carbocycles. The van der Waals surface area contributed by atoms with Crippen LogP contribution in [-0.2, 0) is 11.3 Å². The van der Waals surface area contributed by atoms with Gasteiger partial charge >= 0.3 is 5.97 Å². The maximum Gasteiger partial charge on any atom is 0.321 e. The number of hydrogen-bond acceptors (Lipinski definition) is 3. The van der Waals surface area contributed by atoms with Crippen molar-refractivity contribution in [3.8, 4) is 0 Å². The molecule has 0 spiro atoms. The van der Waals surface area contributed by atoms with E-state index in [0.29, 0.717) is 23.0 Å². The monoisotopic (exact) mass is 399 g/mol.